The smallest absolute Gasteiger partial charge is 0.203 e. The molecule has 12 nitrogen and oxygen atoms in total. The van der Waals surface area contributed by atoms with Crippen LogP contribution in [0.3, 0.4) is 0 Å². The number of methoxy groups -OCH3 is 2. The molecule has 0 amide bonds. The van der Waals surface area contributed by atoms with Crippen LogP contribution in [-0.4, -0.2) is 114 Å². The maximum absolute atomic E-state index is 12.0. The van der Waals surface area contributed by atoms with Gasteiger partial charge in [-0.15, -0.1) is 13.2 Å². The minimum atomic E-state index is -2.57. The standard InChI is InChI=1S/C14H25O6P.C10H16O4.C6H13O2P/c1-6-17-21(5,15)9-7-8-10-11-12(13(16-4)18-10)20-14(2,3)19-11;1-5-6-7-8(9(11-4)12-6)14-10(2,3)13-7;1-4-6-9(3,7)8-5-2/h7-8,10-13H,6,9H2,1-5H3;5-9H,1H2,2-4H3;4H,1,5-6H2,2-3H3/b8-7+;;/t10-,11-,12-,13-,21?;6-,7-,8-,9-;/m11./s1. The predicted octanol–water partition coefficient (Wildman–Crippen LogP) is 5.56. The van der Waals surface area contributed by atoms with E-state index in [2.05, 4.69) is 13.2 Å². The molecule has 0 aromatic rings. The van der Waals surface area contributed by atoms with Crippen molar-refractivity contribution in [3.8, 4) is 0 Å². The fourth-order valence-electron chi connectivity index (χ4n) is 5.18. The Bertz CT molecular complexity index is 1050. The topological polar surface area (TPSA) is 126 Å². The highest BCUT2D eigenvalue weighted by Gasteiger charge is 2.55. The van der Waals surface area contributed by atoms with Gasteiger partial charge < -0.3 is 46.9 Å². The molecule has 2 unspecified atom stereocenters. The van der Waals surface area contributed by atoms with Crippen LogP contribution in [0.4, 0.5) is 0 Å². The Labute approximate surface area is 263 Å². The first-order chi connectivity index (χ1) is 20.5. The van der Waals surface area contributed by atoms with Crippen molar-refractivity contribution in [2.75, 3.05) is 53.1 Å². The summed E-state index contributed by atoms with van der Waals surface area (Å²) in [6.45, 7) is 22.6. The van der Waals surface area contributed by atoms with Crippen LogP contribution in [0, 0.1) is 0 Å². The highest BCUT2D eigenvalue weighted by atomic mass is 31.2. The van der Waals surface area contributed by atoms with Gasteiger partial charge in [-0.2, -0.15) is 0 Å². The van der Waals surface area contributed by atoms with Crippen molar-refractivity contribution in [3.05, 3.63) is 37.5 Å². The van der Waals surface area contributed by atoms with E-state index in [4.69, 9.17) is 46.9 Å². The van der Waals surface area contributed by atoms with Gasteiger partial charge in [-0.1, -0.05) is 24.3 Å². The van der Waals surface area contributed by atoms with E-state index >= 15 is 0 Å². The van der Waals surface area contributed by atoms with Crippen molar-refractivity contribution >= 4 is 14.7 Å². The van der Waals surface area contributed by atoms with Crippen LogP contribution >= 0.6 is 14.7 Å². The molecule has 0 spiro atoms. The highest BCUT2D eigenvalue weighted by Crippen LogP contribution is 2.44. The Kier molecular flexibility index (Phi) is 15.2. The molecular formula is C30H54O12P2. The molecule has 0 saturated carbocycles. The molecule has 4 fully saturated rings. The highest BCUT2D eigenvalue weighted by molar-refractivity contribution is 7.58. The first-order valence-corrected chi connectivity index (χ1v) is 19.4. The molecule has 10 atom stereocenters. The molecule has 0 aromatic heterocycles. The summed E-state index contributed by atoms with van der Waals surface area (Å²) in [5, 5.41) is 0. The second kappa shape index (κ2) is 16.9. The van der Waals surface area contributed by atoms with E-state index in [0.29, 0.717) is 25.5 Å². The molecule has 4 rings (SSSR count). The van der Waals surface area contributed by atoms with Gasteiger partial charge in [-0.25, -0.2) is 0 Å². The van der Waals surface area contributed by atoms with Crippen LogP contribution in [0.1, 0.15) is 41.5 Å². The Morgan fingerprint density at radius 2 is 1.11 bits per heavy atom. The fourth-order valence-corrected chi connectivity index (χ4v) is 7.46. The Morgan fingerprint density at radius 3 is 1.52 bits per heavy atom. The van der Waals surface area contributed by atoms with Gasteiger partial charge in [0.1, 0.15) is 36.6 Å². The number of fused-ring (bicyclic) bond motifs is 2. The lowest BCUT2D eigenvalue weighted by Gasteiger charge is -2.22. The molecule has 0 aromatic carbocycles. The Hall–Kier alpha value is -0.720. The van der Waals surface area contributed by atoms with E-state index in [-0.39, 0.29) is 42.9 Å². The summed E-state index contributed by atoms with van der Waals surface area (Å²) in [7, 11) is -1.70. The third-order valence-electron chi connectivity index (χ3n) is 6.82. The van der Waals surface area contributed by atoms with Gasteiger partial charge in [0.2, 0.25) is 14.7 Å². The maximum atomic E-state index is 12.0. The summed E-state index contributed by atoms with van der Waals surface area (Å²) in [5.41, 5.74) is 0. The third-order valence-corrected chi connectivity index (χ3v) is 10.2. The second-order valence-corrected chi connectivity index (χ2v) is 17.0. The zero-order valence-corrected chi connectivity index (χ0v) is 29.8. The van der Waals surface area contributed by atoms with Gasteiger partial charge in [0, 0.05) is 39.9 Å². The molecule has 4 aliphatic heterocycles. The van der Waals surface area contributed by atoms with Crippen LogP contribution in [0.25, 0.3) is 0 Å². The first kappa shape index (κ1) is 39.5. The van der Waals surface area contributed by atoms with Crippen LogP contribution < -0.4 is 0 Å². The molecule has 4 saturated heterocycles. The average Bonchev–Trinajstić information content (AvgIpc) is 3.60. The van der Waals surface area contributed by atoms with Crippen molar-refractivity contribution in [1.82, 2.24) is 0 Å². The van der Waals surface area contributed by atoms with Gasteiger partial charge in [0.15, 0.2) is 24.2 Å². The zero-order chi connectivity index (χ0) is 33.3. The average molecular weight is 669 g/mol. The summed E-state index contributed by atoms with van der Waals surface area (Å²) < 4.78 is 78.2. The van der Waals surface area contributed by atoms with Gasteiger partial charge >= 0.3 is 0 Å². The SMILES string of the molecule is C=CCP(C)(=O)OCC.C=C[C@H]1O[C@@H](OC)[C@@H]2OC(C)(C)O[C@@H]21.CCOP(C)(=O)C/C=C/[C@H]1O[C@@H](OC)[C@@H]2OC(C)(C)O[C@@H]21. The largest absolute Gasteiger partial charge is 0.353 e. The van der Waals surface area contributed by atoms with Crippen molar-refractivity contribution in [3.63, 3.8) is 0 Å². The fraction of sp³-hybridized carbons (Fsp3) is 0.800. The number of rotatable bonds is 12. The van der Waals surface area contributed by atoms with Crippen LogP contribution in [-0.2, 0) is 56.1 Å². The van der Waals surface area contributed by atoms with Crippen molar-refractivity contribution in [1.29, 1.82) is 0 Å². The maximum Gasteiger partial charge on any atom is 0.203 e. The van der Waals surface area contributed by atoms with E-state index in [1.165, 1.54) is 0 Å². The second-order valence-electron chi connectivity index (χ2n) is 11.7. The molecule has 4 aliphatic rings. The van der Waals surface area contributed by atoms with Crippen LogP contribution in [0.15, 0.2) is 37.5 Å². The minimum absolute atomic E-state index is 0.104. The molecule has 0 aliphatic carbocycles. The molecule has 0 bridgehead atoms. The van der Waals surface area contributed by atoms with E-state index in [1.54, 1.807) is 39.7 Å². The summed E-state index contributed by atoms with van der Waals surface area (Å²) in [6.07, 6.45) is 5.92. The summed E-state index contributed by atoms with van der Waals surface area (Å²) in [5.74, 6) is -1.20. The van der Waals surface area contributed by atoms with Crippen molar-refractivity contribution < 1.29 is 56.1 Å². The van der Waals surface area contributed by atoms with Gasteiger partial charge in [-0.05, 0) is 41.5 Å². The zero-order valence-electron chi connectivity index (χ0n) is 28.0. The van der Waals surface area contributed by atoms with E-state index < -0.39 is 32.6 Å². The lowest BCUT2D eigenvalue weighted by molar-refractivity contribution is -0.221. The lowest BCUT2D eigenvalue weighted by atomic mass is 10.1. The molecule has 0 N–H and O–H groups in total. The summed E-state index contributed by atoms with van der Waals surface area (Å²) >= 11 is 0. The van der Waals surface area contributed by atoms with Gasteiger partial charge in [0.25, 0.3) is 0 Å². The normalized spacial score (nSPS) is 35.8. The molecule has 256 valence electrons. The van der Waals surface area contributed by atoms with E-state index in [1.807, 2.05) is 53.7 Å². The third kappa shape index (κ3) is 11.5. The number of hydrogen-bond donors (Lipinski definition) is 0. The Morgan fingerprint density at radius 1 is 0.705 bits per heavy atom. The first-order valence-electron chi connectivity index (χ1n) is 14.9. The van der Waals surface area contributed by atoms with Gasteiger partial charge in [0.05, 0.1) is 13.2 Å². The quantitative estimate of drug-likeness (QED) is 0.191. The molecule has 14 heteroatoms. The molecular weight excluding hydrogens is 614 g/mol. The van der Waals surface area contributed by atoms with Crippen molar-refractivity contribution in [2.24, 2.45) is 0 Å². The van der Waals surface area contributed by atoms with Crippen LogP contribution in [0.5, 0.6) is 0 Å². The van der Waals surface area contributed by atoms with Crippen LogP contribution in [0.2, 0.25) is 0 Å². The van der Waals surface area contributed by atoms with E-state index in [0.717, 1.165) is 0 Å². The van der Waals surface area contributed by atoms with E-state index in [9.17, 15) is 9.13 Å². The van der Waals surface area contributed by atoms with Gasteiger partial charge in [-0.3, -0.25) is 9.13 Å². The Balaban J connectivity index is 0.000000253. The molecule has 4 heterocycles. The molecule has 0 radical (unpaired) electrons. The summed E-state index contributed by atoms with van der Waals surface area (Å²) in [6, 6.07) is 0. The summed E-state index contributed by atoms with van der Waals surface area (Å²) in [4.78, 5) is 0. The number of ether oxygens (including phenoxy) is 8. The minimum Gasteiger partial charge on any atom is -0.353 e. The lowest BCUT2D eigenvalue weighted by Crippen LogP contribution is -2.30. The number of hydrogen-bond acceptors (Lipinski definition) is 12. The molecule has 44 heavy (non-hydrogen) atoms. The number of allylic oxidation sites excluding steroid dienone is 2. The predicted molar refractivity (Wildman–Crippen MR) is 169 cm³/mol. The monoisotopic (exact) mass is 668 g/mol. The van der Waals surface area contributed by atoms with Crippen molar-refractivity contribution in [2.45, 2.75) is 102 Å².